The SMILES string of the molecule is CNC(=S)c1ccc(C#N)cc1.CNC(=S)c1ccc(C#N)cc1.NCC(N)=O. The van der Waals surface area contributed by atoms with Crippen LogP contribution in [0.15, 0.2) is 48.5 Å². The van der Waals surface area contributed by atoms with Gasteiger partial charge < -0.3 is 22.1 Å². The fourth-order valence-corrected chi connectivity index (χ4v) is 1.95. The Kier molecular flexibility index (Phi) is 13.0. The van der Waals surface area contributed by atoms with Crippen LogP contribution in [0.25, 0.3) is 0 Å². The van der Waals surface area contributed by atoms with E-state index in [9.17, 15) is 4.79 Å². The average Bonchev–Trinajstić information content (AvgIpc) is 2.78. The molecule has 0 saturated heterocycles. The lowest BCUT2D eigenvalue weighted by molar-refractivity contribution is -0.116. The van der Waals surface area contributed by atoms with E-state index in [-0.39, 0.29) is 6.54 Å². The molecule has 0 saturated carbocycles. The summed E-state index contributed by atoms with van der Waals surface area (Å²) >= 11 is 10.0. The summed E-state index contributed by atoms with van der Waals surface area (Å²) in [6.07, 6.45) is 0. The molecule has 6 N–H and O–H groups in total. The van der Waals surface area contributed by atoms with Crippen LogP contribution in [-0.4, -0.2) is 36.5 Å². The molecule has 2 rings (SSSR count). The quantitative estimate of drug-likeness (QED) is 0.539. The normalized spacial score (nSPS) is 8.45. The van der Waals surface area contributed by atoms with E-state index in [2.05, 4.69) is 16.4 Å². The molecule has 7 nitrogen and oxygen atoms in total. The van der Waals surface area contributed by atoms with Crippen LogP contribution in [0.2, 0.25) is 0 Å². The number of primary amides is 1. The van der Waals surface area contributed by atoms with Gasteiger partial charge in [-0.2, -0.15) is 10.5 Å². The number of benzene rings is 2. The number of nitrogens with two attached hydrogens (primary N) is 2. The highest BCUT2D eigenvalue weighted by Gasteiger charge is 1.97. The molecule has 29 heavy (non-hydrogen) atoms. The van der Waals surface area contributed by atoms with Crippen molar-refractivity contribution in [2.45, 2.75) is 0 Å². The number of amides is 1. The van der Waals surface area contributed by atoms with Crippen molar-refractivity contribution in [3.05, 3.63) is 70.8 Å². The number of rotatable bonds is 3. The molecule has 0 radical (unpaired) electrons. The van der Waals surface area contributed by atoms with Crippen molar-refractivity contribution in [3.8, 4) is 12.1 Å². The van der Waals surface area contributed by atoms with Crippen LogP contribution in [0.5, 0.6) is 0 Å². The monoisotopic (exact) mass is 426 g/mol. The second-order valence-electron chi connectivity index (χ2n) is 5.21. The second kappa shape index (κ2) is 14.7. The van der Waals surface area contributed by atoms with Crippen LogP contribution in [0.4, 0.5) is 0 Å². The Morgan fingerprint density at radius 3 is 1.31 bits per heavy atom. The molecular formula is C20H22N6OS2. The van der Waals surface area contributed by atoms with Gasteiger partial charge in [-0.05, 0) is 24.3 Å². The molecule has 0 aromatic heterocycles. The van der Waals surface area contributed by atoms with E-state index in [1.807, 2.05) is 36.4 Å². The largest absolute Gasteiger partial charge is 0.379 e. The highest BCUT2D eigenvalue weighted by Crippen LogP contribution is 2.04. The van der Waals surface area contributed by atoms with Gasteiger partial charge in [-0.3, -0.25) is 4.79 Å². The summed E-state index contributed by atoms with van der Waals surface area (Å²) in [7, 11) is 3.56. The minimum atomic E-state index is -0.468. The third-order valence-corrected chi connectivity index (χ3v) is 4.09. The summed E-state index contributed by atoms with van der Waals surface area (Å²) in [5.41, 5.74) is 12.4. The first-order valence-electron chi connectivity index (χ1n) is 8.25. The van der Waals surface area contributed by atoms with Gasteiger partial charge in [0.1, 0.15) is 9.98 Å². The van der Waals surface area contributed by atoms with Crippen LogP contribution in [0, 0.1) is 22.7 Å². The lowest BCUT2D eigenvalue weighted by Gasteiger charge is -2.01. The predicted octanol–water partition coefficient (Wildman–Crippen LogP) is 1.34. The molecule has 150 valence electrons. The number of carbonyl (C=O) groups is 1. The molecule has 0 heterocycles. The zero-order chi connectivity index (χ0) is 22.2. The van der Waals surface area contributed by atoms with E-state index in [0.717, 1.165) is 11.1 Å². The second-order valence-corrected chi connectivity index (χ2v) is 6.02. The van der Waals surface area contributed by atoms with E-state index in [1.165, 1.54) is 0 Å². The lowest BCUT2D eigenvalue weighted by atomic mass is 10.1. The zero-order valence-electron chi connectivity index (χ0n) is 16.1. The molecule has 2 aromatic rings. The lowest BCUT2D eigenvalue weighted by Crippen LogP contribution is -2.21. The Bertz CT molecular complexity index is 827. The molecule has 0 unspecified atom stereocenters. The van der Waals surface area contributed by atoms with Gasteiger partial charge in [0.2, 0.25) is 5.91 Å². The number of carbonyl (C=O) groups excluding carboxylic acids is 1. The minimum Gasteiger partial charge on any atom is -0.379 e. The molecule has 0 aliphatic heterocycles. The average molecular weight is 427 g/mol. The molecule has 0 fully saturated rings. The van der Waals surface area contributed by atoms with E-state index in [0.29, 0.717) is 21.1 Å². The molecule has 9 heteroatoms. The van der Waals surface area contributed by atoms with Crippen molar-refractivity contribution in [1.82, 2.24) is 10.6 Å². The number of hydrogen-bond acceptors (Lipinski definition) is 6. The molecule has 0 aliphatic rings. The number of thiocarbonyl (C=S) groups is 2. The first-order chi connectivity index (χ1) is 13.8. The van der Waals surface area contributed by atoms with E-state index in [1.54, 1.807) is 38.4 Å². The summed E-state index contributed by atoms with van der Waals surface area (Å²) in [5.74, 6) is -0.468. The Morgan fingerprint density at radius 2 is 1.14 bits per heavy atom. The Balaban J connectivity index is 0.000000442. The maximum Gasteiger partial charge on any atom is 0.231 e. The summed E-state index contributed by atoms with van der Waals surface area (Å²) in [4.78, 5) is 10.9. The smallest absolute Gasteiger partial charge is 0.231 e. The molecule has 0 spiro atoms. The third-order valence-electron chi connectivity index (χ3n) is 3.21. The summed E-state index contributed by atoms with van der Waals surface area (Å²) in [6.45, 7) is -0.0556. The van der Waals surface area contributed by atoms with Gasteiger partial charge in [0.25, 0.3) is 0 Å². The van der Waals surface area contributed by atoms with Crippen molar-refractivity contribution in [3.63, 3.8) is 0 Å². The van der Waals surface area contributed by atoms with Crippen molar-refractivity contribution in [2.24, 2.45) is 11.5 Å². The molecule has 2 aromatic carbocycles. The standard InChI is InChI=1S/2C9H8N2S.C2H6N2O/c2*1-11-9(12)8-4-2-7(6-10)3-5-8;3-1-2(4)5/h2*2-5H,1H3,(H,11,12);1,3H2,(H2,4,5). The molecule has 0 atom stereocenters. The summed E-state index contributed by atoms with van der Waals surface area (Å²) < 4.78 is 0. The summed E-state index contributed by atoms with van der Waals surface area (Å²) in [5, 5.41) is 22.8. The molecule has 0 aliphatic carbocycles. The highest BCUT2D eigenvalue weighted by molar-refractivity contribution is 7.81. The topological polar surface area (TPSA) is 141 Å². The maximum atomic E-state index is 9.47. The Hall–Kier alpha value is -3.37. The Labute approximate surface area is 181 Å². The first kappa shape index (κ1) is 25.6. The van der Waals surface area contributed by atoms with E-state index < -0.39 is 5.91 Å². The Morgan fingerprint density at radius 1 is 0.862 bits per heavy atom. The van der Waals surface area contributed by atoms with Crippen molar-refractivity contribution >= 4 is 40.3 Å². The van der Waals surface area contributed by atoms with Gasteiger partial charge in [0.15, 0.2) is 0 Å². The molecule has 1 amide bonds. The van der Waals surface area contributed by atoms with Gasteiger partial charge in [-0.1, -0.05) is 48.7 Å². The van der Waals surface area contributed by atoms with Gasteiger partial charge in [-0.25, -0.2) is 0 Å². The van der Waals surface area contributed by atoms with E-state index in [4.69, 9.17) is 40.7 Å². The fraction of sp³-hybridized carbons (Fsp3) is 0.150. The highest BCUT2D eigenvalue weighted by atomic mass is 32.1. The van der Waals surface area contributed by atoms with Crippen LogP contribution < -0.4 is 22.1 Å². The van der Waals surface area contributed by atoms with Crippen LogP contribution >= 0.6 is 24.4 Å². The number of nitrogens with zero attached hydrogens (tertiary/aromatic N) is 2. The summed E-state index contributed by atoms with van der Waals surface area (Å²) in [6, 6.07) is 18.4. The third kappa shape index (κ3) is 10.5. The van der Waals surface area contributed by atoms with Gasteiger partial charge >= 0.3 is 0 Å². The zero-order valence-corrected chi connectivity index (χ0v) is 17.7. The van der Waals surface area contributed by atoms with Crippen LogP contribution in [0.1, 0.15) is 22.3 Å². The van der Waals surface area contributed by atoms with Gasteiger partial charge in [0, 0.05) is 25.2 Å². The van der Waals surface area contributed by atoms with Crippen LogP contribution in [-0.2, 0) is 4.79 Å². The molecule has 0 bridgehead atoms. The van der Waals surface area contributed by atoms with Crippen LogP contribution in [0.3, 0.4) is 0 Å². The first-order valence-corrected chi connectivity index (χ1v) is 9.07. The van der Waals surface area contributed by atoms with Gasteiger partial charge in [0.05, 0.1) is 29.8 Å². The van der Waals surface area contributed by atoms with Crippen molar-refractivity contribution in [2.75, 3.05) is 20.6 Å². The van der Waals surface area contributed by atoms with Crippen molar-refractivity contribution < 1.29 is 4.79 Å². The predicted molar refractivity (Wildman–Crippen MR) is 122 cm³/mol. The number of nitrogens with one attached hydrogen (secondary N) is 2. The molecular weight excluding hydrogens is 404 g/mol. The number of nitriles is 2. The van der Waals surface area contributed by atoms with Crippen molar-refractivity contribution in [1.29, 1.82) is 10.5 Å². The fourth-order valence-electron chi connectivity index (χ4n) is 1.68. The minimum absolute atomic E-state index is 0.0556. The van der Waals surface area contributed by atoms with Gasteiger partial charge in [-0.15, -0.1) is 0 Å². The van der Waals surface area contributed by atoms with E-state index >= 15 is 0 Å². The number of hydrogen-bond donors (Lipinski definition) is 4. The maximum absolute atomic E-state index is 9.47.